The number of methoxy groups -OCH3 is 3. The second-order valence-corrected chi connectivity index (χ2v) is 6.72. The number of rotatable bonds is 5. The minimum Gasteiger partial charge on any atom is -0.497 e. The van der Waals surface area contributed by atoms with Gasteiger partial charge in [0.15, 0.2) is 0 Å². The Morgan fingerprint density at radius 3 is 2.52 bits per heavy atom. The predicted molar refractivity (Wildman–Crippen MR) is 98.8 cm³/mol. The summed E-state index contributed by atoms with van der Waals surface area (Å²) in [5.41, 5.74) is 1.54. The molecule has 0 aliphatic carbocycles. The van der Waals surface area contributed by atoms with Crippen LogP contribution in [0.5, 0.6) is 17.2 Å². The third-order valence-electron chi connectivity index (χ3n) is 4.20. The van der Waals surface area contributed by atoms with Gasteiger partial charge in [0.25, 0.3) is 5.91 Å². The number of para-hydroxylation sites is 1. The molecule has 0 saturated carbocycles. The maximum Gasteiger partial charge on any atom is 0.258 e. The van der Waals surface area contributed by atoms with E-state index in [1.54, 1.807) is 45.2 Å². The zero-order valence-electron chi connectivity index (χ0n) is 14.5. The van der Waals surface area contributed by atoms with Gasteiger partial charge in [-0.3, -0.25) is 4.79 Å². The Morgan fingerprint density at radius 2 is 1.80 bits per heavy atom. The van der Waals surface area contributed by atoms with E-state index in [2.05, 4.69) is 0 Å². The molecule has 1 unspecified atom stereocenters. The summed E-state index contributed by atoms with van der Waals surface area (Å²) in [5.74, 6) is 2.87. The van der Waals surface area contributed by atoms with Crippen LogP contribution in [0.15, 0.2) is 42.5 Å². The highest BCUT2D eigenvalue weighted by atomic mass is 32.2. The standard InChI is InChI=1S/C19H21NO4S/c1-22-13-8-9-15(17(12-13)24-3)19-20(10-11-25-19)18(21)14-6-4-5-7-16(14)23-2/h4-9,12,19H,10-11H2,1-3H3. The van der Waals surface area contributed by atoms with Crippen molar-refractivity contribution in [3.63, 3.8) is 0 Å². The first-order chi connectivity index (χ1) is 12.2. The molecule has 5 nitrogen and oxygen atoms in total. The molecule has 2 aromatic rings. The van der Waals surface area contributed by atoms with E-state index in [0.29, 0.717) is 17.9 Å². The van der Waals surface area contributed by atoms with E-state index in [1.165, 1.54) is 0 Å². The normalized spacial score (nSPS) is 16.6. The van der Waals surface area contributed by atoms with Gasteiger partial charge in [-0.25, -0.2) is 0 Å². The summed E-state index contributed by atoms with van der Waals surface area (Å²) in [6, 6.07) is 13.0. The molecular formula is C19H21NO4S. The topological polar surface area (TPSA) is 48.0 Å². The smallest absolute Gasteiger partial charge is 0.258 e. The summed E-state index contributed by atoms with van der Waals surface area (Å²) in [7, 11) is 4.83. The molecule has 1 fully saturated rings. The Labute approximate surface area is 151 Å². The van der Waals surface area contributed by atoms with E-state index >= 15 is 0 Å². The number of amides is 1. The molecule has 132 valence electrons. The largest absolute Gasteiger partial charge is 0.497 e. The molecule has 1 saturated heterocycles. The van der Waals surface area contributed by atoms with Crippen LogP contribution in [0, 0.1) is 0 Å². The van der Waals surface area contributed by atoms with Crippen LogP contribution in [-0.2, 0) is 0 Å². The van der Waals surface area contributed by atoms with Crippen LogP contribution in [0.3, 0.4) is 0 Å². The maximum atomic E-state index is 13.1. The van der Waals surface area contributed by atoms with Crippen LogP contribution in [0.4, 0.5) is 0 Å². The molecule has 0 radical (unpaired) electrons. The Kier molecular flexibility index (Phi) is 5.38. The number of hydrogen-bond donors (Lipinski definition) is 0. The van der Waals surface area contributed by atoms with Crippen molar-refractivity contribution in [3.05, 3.63) is 53.6 Å². The molecule has 1 atom stereocenters. The van der Waals surface area contributed by atoms with Crippen molar-refractivity contribution in [1.82, 2.24) is 4.90 Å². The van der Waals surface area contributed by atoms with Crippen molar-refractivity contribution < 1.29 is 19.0 Å². The lowest BCUT2D eigenvalue weighted by Crippen LogP contribution is -2.30. The van der Waals surface area contributed by atoms with E-state index in [4.69, 9.17) is 14.2 Å². The van der Waals surface area contributed by atoms with Crippen molar-refractivity contribution in [1.29, 1.82) is 0 Å². The highest BCUT2D eigenvalue weighted by Gasteiger charge is 2.34. The molecule has 6 heteroatoms. The number of benzene rings is 2. The number of hydrogen-bond acceptors (Lipinski definition) is 5. The van der Waals surface area contributed by atoms with Crippen LogP contribution in [0.1, 0.15) is 21.3 Å². The Hall–Kier alpha value is -2.34. The van der Waals surface area contributed by atoms with Gasteiger partial charge in [0, 0.05) is 23.9 Å². The monoisotopic (exact) mass is 359 g/mol. The number of carbonyl (C=O) groups excluding carboxylic acids is 1. The van der Waals surface area contributed by atoms with Crippen LogP contribution >= 0.6 is 11.8 Å². The van der Waals surface area contributed by atoms with Crippen LogP contribution < -0.4 is 14.2 Å². The van der Waals surface area contributed by atoms with Gasteiger partial charge in [-0.05, 0) is 24.3 Å². The lowest BCUT2D eigenvalue weighted by atomic mass is 10.1. The fourth-order valence-corrected chi connectivity index (χ4v) is 4.21. The second kappa shape index (κ2) is 7.70. The van der Waals surface area contributed by atoms with E-state index < -0.39 is 0 Å². The highest BCUT2D eigenvalue weighted by molar-refractivity contribution is 7.99. The van der Waals surface area contributed by atoms with Gasteiger partial charge in [-0.2, -0.15) is 0 Å². The highest BCUT2D eigenvalue weighted by Crippen LogP contribution is 2.44. The molecule has 3 rings (SSSR count). The molecule has 0 spiro atoms. The molecule has 1 aliphatic rings. The number of thioether (sulfide) groups is 1. The minimum absolute atomic E-state index is 0.0367. The summed E-state index contributed by atoms with van der Waals surface area (Å²) >= 11 is 1.73. The van der Waals surface area contributed by atoms with Crippen LogP contribution in [0.2, 0.25) is 0 Å². The average molecular weight is 359 g/mol. The molecule has 0 N–H and O–H groups in total. The summed E-state index contributed by atoms with van der Waals surface area (Å²) in [6.07, 6.45) is 0. The van der Waals surface area contributed by atoms with Crippen LogP contribution in [0.25, 0.3) is 0 Å². The van der Waals surface area contributed by atoms with Crippen molar-refractivity contribution in [2.24, 2.45) is 0 Å². The lowest BCUT2D eigenvalue weighted by Gasteiger charge is -2.26. The van der Waals surface area contributed by atoms with Gasteiger partial charge in [-0.15, -0.1) is 11.8 Å². The molecule has 2 aromatic carbocycles. The number of ether oxygens (including phenoxy) is 3. The molecular weight excluding hydrogens is 338 g/mol. The third kappa shape index (κ3) is 3.39. The molecule has 0 aromatic heterocycles. The number of nitrogens with zero attached hydrogens (tertiary/aromatic N) is 1. The van der Waals surface area contributed by atoms with Gasteiger partial charge >= 0.3 is 0 Å². The molecule has 25 heavy (non-hydrogen) atoms. The Morgan fingerprint density at radius 1 is 1.04 bits per heavy atom. The Bertz CT molecular complexity index is 765. The molecule has 1 amide bonds. The predicted octanol–water partition coefficient (Wildman–Crippen LogP) is 3.60. The van der Waals surface area contributed by atoms with Gasteiger partial charge < -0.3 is 19.1 Å². The second-order valence-electron chi connectivity index (χ2n) is 5.53. The zero-order chi connectivity index (χ0) is 17.8. The summed E-state index contributed by atoms with van der Waals surface area (Å²) < 4.78 is 16.1. The first-order valence-electron chi connectivity index (χ1n) is 7.97. The van der Waals surface area contributed by atoms with Gasteiger partial charge in [0.1, 0.15) is 22.6 Å². The Balaban J connectivity index is 1.94. The van der Waals surface area contributed by atoms with Gasteiger partial charge in [0.2, 0.25) is 0 Å². The van der Waals surface area contributed by atoms with Gasteiger partial charge in [-0.1, -0.05) is 12.1 Å². The van der Waals surface area contributed by atoms with Gasteiger partial charge in [0.05, 0.1) is 26.9 Å². The third-order valence-corrected chi connectivity index (χ3v) is 5.44. The summed E-state index contributed by atoms with van der Waals surface area (Å²) in [5, 5.41) is -0.0988. The molecule has 1 heterocycles. The molecule has 0 bridgehead atoms. The lowest BCUT2D eigenvalue weighted by molar-refractivity contribution is 0.0756. The van der Waals surface area contributed by atoms with Crippen molar-refractivity contribution in [2.75, 3.05) is 33.6 Å². The van der Waals surface area contributed by atoms with Crippen molar-refractivity contribution in [2.45, 2.75) is 5.37 Å². The fraction of sp³-hybridized carbons (Fsp3) is 0.316. The molecule has 1 aliphatic heterocycles. The van der Waals surface area contributed by atoms with Crippen molar-refractivity contribution >= 4 is 17.7 Å². The summed E-state index contributed by atoms with van der Waals surface area (Å²) in [4.78, 5) is 15.0. The quantitative estimate of drug-likeness (QED) is 0.816. The maximum absolute atomic E-state index is 13.1. The first-order valence-corrected chi connectivity index (χ1v) is 9.02. The van der Waals surface area contributed by atoms with E-state index in [9.17, 15) is 4.79 Å². The first kappa shape index (κ1) is 17.5. The summed E-state index contributed by atoms with van der Waals surface area (Å²) in [6.45, 7) is 0.682. The number of carbonyl (C=O) groups is 1. The zero-order valence-corrected chi connectivity index (χ0v) is 15.3. The van der Waals surface area contributed by atoms with E-state index in [-0.39, 0.29) is 11.3 Å². The van der Waals surface area contributed by atoms with Crippen molar-refractivity contribution in [3.8, 4) is 17.2 Å². The SMILES string of the molecule is COc1ccc(C2SCCN2C(=O)c2ccccc2OC)c(OC)c1. The van der Waals surface area contributed by atoms with Crippen LogP contribution in [-0.4, -0.2) is 44.4 Å². The minimum atomic E-state index is -0.0988. The average Bonchev–Trinajstić information content (AvgIpc) is 3.16. The van der Waals surface area contributed by atoms with E-state index in [0.717, 1.165) is 22.8 Å². The fourth-order valence-electron chi connectivity index (χ4n) is 2.93. The van der Waals surface area contributed by atoms with E-state index in [1.807, 2.05) is 35.2 Å².